The third-order valence-corrected chi connectivity index (χ3v) is 6.84. The van der Waals surface area contributed by atoms with E-state index in [1.54, 1.807) is 17.4 Å². The molecule has 0 aliphatic rings. The van der Waals surface area contributed by atoms with Crippen molar-refractivity contribution in [1.29, 1.82) is 0 Å². The van der Waals surface area contributed by atoms with Crippen LogP contribution in [0, 0.1) is 19.7 Å². The van der Waals surface area contributed by atoms with Gasteiger partial charge in [-0.15, -0.1) is 23.1 Å². The number of rotatable bonds is 11. The van der Waals surface area contributed by atoms with Crippen molar-refractivity contribution in [2.24, 2.45) is 0 Å². The standard InChI is InChI=1S/C24H25FN2O4S2/c1-16-12-19(17(2)27(16)10-9-18-6-5-11-33-18)22(28)13-31-24(30)15-32-14-23(29)26-21-8-4-3-7-20(21)25/h3-8,11-12H,9-10,13-15H2,1-2H3,(H,26,29). The highest BCUT2D eigenvalue weighted by Crippen LogP contribution is 2.18. The molecule has 0 atom stereocenters. The van der Waals surface area contributed by atoms with Gasteiger partial charge in [0.2, 0.25) is 11.7 Å². The molecule has 0 aliphatic carbocycles. The molecule has 9 heteroatoms. The molecule has 1 amide bonds. The second-order valence-electron chi connectivity index (χ2n) is 7.37. The molecule has 3 aromatic rings. The van der Waals surface area contributed by atoms with Crippen molar-refractivity contribution in [2.75, 3.05) is 23.4 Å². The zero-order valence-corrected chi connectivity index (χ0v) is 20.1. The molecule has 0 unspecified atom stereocenters. The fraction of sp³-hybridized carbons (Fsp3) is 0.292. The number of ketones is 1. The molecule has 2 aromatic heterocycles. The largest absolute Gasteiger partial charge is 0.457 e. The van der Waals surface area contributed by atoms with Crippen LogP contribution in [0.25, 0.3) is 0 Å². The molecule has 2 heterocycles. The van der Waals surface area contributed by atoms with Crippen LogP contribution in [0.2, 0.25) is 0 Å². The fourth-order valence-corrected chi connectivity index (χ4v) is 4.65. The smallest absolute Gasteiger partial charge is 0.316 e. The van der Waals surface area contributed by atoms with E-state index < -0.39 is 17.7 Å². The molecule has 174 valence electrons. The monoisotopic (exact) mass is 488 g/mol. The van der Waals surface area contributed by atoms with Crippen molar-refractivity contribution < 1.29 is 23.5 Å². The number of esters is 1. The Bertz CT molecular complexity index is 1130. The minimum atomic E-state index is -0.585. The van der Waals surface area contributed by atoms with Gasteiger partial charge in [0, 0.05) is 28.4 Å². The summed E-state index contributed by atoms with van der Waals surface area (Å²) < 4.78 is 20.7. The van der Waals surface area contributed by atoms with Gasteiger partial charge in [0.05, 0.1) is 17.2 Å². The van der Waals surface area contributed by atoms with E-state index in [2.05, 4.69) is 16.0 Å². The normalized spacial score (nSPS) is 10.8. The molecule has 0 saturated heterocycles. The molecule has 0 aliphatic heterocycles. The number of nitrogens with one attached hydrogen (secondary N) is 1. The van der Waals surface area contributed by atoms with Crippen LogP contribution in [0.5, 0.6) is 0 Å². The molecule has 6 nitrogen and oxygen atoms in total. The third-order valence-electron chi connectivity index (χ3n) is 5.00. The Morgan fingerprint density at radius 1 is 1.12 bits per heavy atom. The van der Waals surface area contributed by atoms with Crippen molar-refractivity contribution in [2.45, 2.75) is 26.8 Å². The van der Waals surface area contributed by atoms with Crippen molar-refractivity contribution in [1.82, 2.24) is 4.57 Å². The van der Waals surface area contributed by atoms with Crippen LogP contribution in [-0.2, 0) is 27.3 Å². The van der Waals surface area contributed by atoms with Gasteiger partial charge in [0.25, 0.3) is 0 Å². The molecule has 0 radical (unpaired) electrons. The second-order valence-corrected chi connectivity index (χ2v) is 9.39. The van der Waals surface area contributed by atoms with Gasteiger partial charge in [-0.1, -0.05) is 18.2 Å². The number of hydrogen-bond acceptors (Lipinski definition) is 6. The Kier molecular flexibility index (Phi) is 8.85. The van der Waals surface area contributed by atoms with Crippen LogP contribution in [0.1, 0.15) is 26.6 Å². The van der Waals surface area contributed by atoms with E-state index in [0.29, 0.717) is 5.56 Å². The summed E-state index contributed by atoms with van der Waals surface area (Å²) in [5.74, 6) is -1.93. The van der Waals surface area contributed by atoms with Crippen LogP contribution >= 0.6 is 23.1 Å². The number of thioether (sulfide) groups is 1. The number of benzene rings is 1. The summed E-state index contributed by atoms with van der Waals surface area (Å²) in [6.45, 7) is 4.26. The molecule has 3 rings (SSSR count). The number of Topliss-reactive ketones (excluding diaryl/α,β-unsaturated/α-hetero) is 1. The Morgan fingerprint density at radius 2 is 1.91 bits per heavy atom. The summed E-state index contributed by atoms with van der Waals surface area (Å²) in [5, 5.41) is 4.49. The van der Waals surface area contributed by atoms with E-state index in [-0.39, 0.29) is 29.6 Å². The number of thiophene rings is 1. The predicted octanol–water partition coefficient (Wildman–Crippen LogP) is 4.65. The summed E-state index contributed by atoms with van der Waals surface area (Å²) in [6.07, 6.45) is 0.887. The molecule has 0 fully saturated rings. The summed E-state index contributed by atoms with van der Waals surface area (Å²) in [5.41, 5.74) is 2.46. The van der Waals surface area contributed by atoms with Gasteiger partial charge in [-0.25, -0.2) is 4.39 Å². The molecular weight excluding hydrogens is 463 g/mol. The number of amides is 1. The van der Waals surface area contributed by atoms with E-state index >= 15 is 0 Å². The van der Waals surface area contributed by atoms with E-state index in [1.165, 1.54) is 23.1 Å². The minimum absolute atomic E-state index is 0.0389. The Morgan fingerprint density at radius 3 is 2.64 bits per heavy atom. The quantitative estimate of drug-likeness (QED) is 0.314. The first-order valence-corrected chi connectivity index (χ1v) is 12.4. The fourth-order valence-electron chi connectivity index (χ4n) is 3.35. The highest BCUT2D eigenvalue weighted by atomic mass is 32.2. The van der Waals surface area contributed by atoms with Gasteiger partial charge in [-0.05, 0) is 49.9 Å². The number of carbonyl (C=O) groups is 3. The van der Waals surface area contributed by atoms with E-state index in [1.807, 2.05) is 31.4 Å². The number of carbonyl (C=O) groups excluding carboxylic acids is 3. The van der Waals surface area contributed by atoms with Crippen LogP contribution < -0.4 is 5.32 Å². The topological polar surface area (TPSA) is 77.4 Å². The zero-order chi connectivity index (χ0) is 23.8. The average Bonchev–Trinajstić information content (AvgIpc) is 3.40. The van der Waals surface area contributed by atoms with Gasteiger partial charge < -0.3 is 14.6 Å². The molecule has 0 bridgehead atoms. The number of halogens is 1. The minimum Gasteiger partial charge on any atom is -0.457 e. The van der Waals surface area contributed by atoms with Crippen LogP contribution in [0.4, 0.5) is 10.1 Å². The van der Waals surface area contributed by atoms with Crippen molar-refractivity contribution in [3.8, 4) is 0 Å². The lowest BCUT2D eigenvalue weighted by Gasteiger charge is -2.09. The van der Waals surface area contributed by atoms with E-state index in [0.717, 1.165) is 36.1 Å². The summed E-state index contributed by atoms with van der Waals surface area (Å²) >= 11 is 2.74. The number of nitrogens with zero attached hydrogens (tertiary/aromatic N) is 1. The Balaban J connectivity index is 1.42. The predicted molar refractivity (Wildman–Crippen MR) is 130 cm³/mol. The summed E-state index contributed by atoms with van der Waals surface area (Å²) in [4.78, 5) is 37.7. The van der Waals surface area contributed by atoms with Crippen molar-refractivity contribution in [3.05, 3.63) is 75.5 Å². The van der Waals surface area contributed by atoms with Gasteiger partial charge in [0.15, 0.2) is 6.61 Å². The first-order valence-electron chi connectivity index (χ1n) is 10.3. The molecule has 0 spiro atoms. The average molecular weight is 489 g/mol. The summed E-state index contributed by atoms with van der Waals surface area (Å²) in [7, 11) is 0. The molecule has 1 aromatic carbocycles. The number of ether oxygens (including phenoxy) is 1. The third kappa shape index (κ3) is 7.03. The lowest BCUT2D eigenvalue weighted by atomic mass is 10.1. The van der Waals surface area contributed by atoms with Crippen LogP contribution in [0.15, 0.2) is 47.8 Å². The highest BCUT2D eigenvalue weighted by Gasteiger charge is 2.18. The number of aryl methyl sites for hydroxylation is 2. The van der Waals surface area contributed by atoms with E-state index in [9.17, 15) is 18.8 Å². The number of aromatic nitrogens is 1. The lowest BCUT2D eigenvalue weighted by molar-refractivity contribution is -0.139. The Labute approximate surface area is 200 Å². The van der Waals surface area contributed by atoms with Gasteiger partial charge in [-0.3, -0.25) is 14.4 Å². The maximum atomic E-state index is 13.5. The second kappa shape index (κ2) is 11.8. The van der Waals surface area contributed by atoms with Gasteiger partial charge in [-0.2, -0.15) is 0 Å². The molecule has 0 saturated carbocycles. The number of anilines is 1. The van der Waals surface area contributed by atoms with Crippen LogP contribution in [0.3, 0.4) is 0 Å². The lowest BCUT2D eigenvalue weighted by Crippen LogP contribution is -2.19. The van der Waals surface area contributed by atoms with E-state index in [4.69, 9.17) is 4.74 Å². The maximum Gasteiger partial charge on any atom is 0.316 e. The SMILES string of the molecule is Cc1cc(C(=O)COC(=O)CSCC(=O)Nc2ccccc2F)c(C)n1CCc1cccs1. The van der Waals surface area contributed by atoms with Gasteiger partial charge in [0.1, 0.15) is 5.82 Å². The van der Waals surface area contributed by atoms with Gasteiger partial charge >= 0.3 is 5.97 Å². The first kappa shape index (κ1) is 24.7. The highest BCUT2D eigenvalue weighted by molar-refractivity contribution is 8.00. The number of hydrogen-bond donors (Lipinski definition) is 1. The number of para-hydroxylation sites is 1. The maximum absolute atomic E-state index is 13.5. The molecule has 33 heavy (non-hydrogen) atoms. The first-order chi connectivity index (χ1) is 15.8. The zero-order valence-electron chi connectivity index (χ0n) is 18.4. The van der Waals surface area contributed by atoms with Crippen LogP contribution in [-0.4, -0.2) is 40.3 Å². The Hall–Kier alpha value is -2.91. The molecule has 1 N–H and O–H groups in total. The van der Waals surface area contributed by atoms with Crippen molar-refractivity contribution >= 4 is 46.4 Å². The van der Waals surface area contributed by atoms with Crippen molar-refractivity contribution in [3.63, 3.8) is 0 Å². The summed E-state index contributed by atoms with van der Waals surface area (Å²) in [6, 6.07) is 11.8. The molecular formula is C24H25FN2O4S2.